The summed E-state index contributed by atoms with van der Waals surface area (Å²) in [5.41, 5.74) is -0.482. The first-order valence-corrected chi connectivity index (χ1v) is 12.4. The van der Waals surface area contributed by atoms with Crippen molar-refractivity contribution in [1.82, 2.24) is 5.32 Å². The van der Waals surface area contributed by atoms with Crippen LogP contribution in [0.15, 0.2) is 0 Å². The topological polar surface area (TPSA) is 75.2 Å². The lowest BCUT2D eigenvalue weighted by atomic mass is 9.44. The van der Waals surface area contributed by atoms with Gasteiger partial charge in [-0.1, -0.05) is 6.92 Å². The molecule has 32 heavy (non-hydrogen) atoms. The Bertz CT molecular complexity index is 807. The summed E-state index contributed by atoms with van der Waals surface area (Å²) >= 11 is 0. The molecule has 180 valence electrons. The third-order valence-corrected chi connectivity index (χ3v) is 11.2. The van der Waals surface area contributed by atoms with Crippen molar-refractivity contribution in [2.24, 2.45) is 40.4 Å². The first kappa shape index (κ1) is 21.8. The standard InChI is InChI=1S/C25H39NO6/c1-12(27)32-20-18-22-25(16(29-4)7-8-23(2,11-26-22)21(20)25)14-9-13-15(28-3)10-24(18,31-6)17(14)19(13)30-5/h13-22,26H,7-11H2,1-6H3/t13-,14-,15+,16+,17-,18+,19+,20+,21-,22-,23+,24-,25+/m1/s1. The Hall–Kier alpha value is -0.730. The molecule has 0 aromatic heterocycles. The summed E-state index contributed by atoms with van der Waals surface area (Å²) < 4.78 is 31.6. The molecule has 0 aromatic rings. The summed E-state index contributed by atoms with van der Waals surface area (Å²) in [7, 11) is 7.38. The van der Waals surface area contributed by atoms with Crippen LogP contribution < -0.4 is 5.32 Å². The lowest BCUT2D eigenvalue weighted by Crippen LogP contribution is -2.75. The van der Waals surface area contributed by atoms with Gasteiger partial charge in [0.25, 0.3) is 0 Å². The van der Waals surface area contributed by atoms with Gasteiger partial charge in [-0.15, -0.1) is 0 Å². The quantitative estimate of drug-likeness (QED) is 0.644. The molecular weight excluding hydrogens is 410 g/mol. The minimum atomic E-state index is -0.455. The van der Waals surface area contributed by atoms with Crippen molar-refractivity contribution in [3.05, 3.63) is 0 Å². The van der Waals surface area contributed by atoms with Crippen molar-refractivity contribution in [3.8, 4) is 0 Å². The van der Waals surface area contributed by atoms with Gasteiger partial charge in [0, 0.05) is 83.5 Å². The van der Waals surface area contributed by atoms with E-state index >= 15 is 0 Å². The van der Waals surface area contributed by atoms with Crippen molar-refractivity contribution < 1.29 is 28.5 Å². The van der Waals surface area contributed by atoms with Crippen LogP contribution in [0, 0.1) is 40.4 Å². The van der Waals surface area contributed by atoms with Gasteiger partial charge in [0.05, 0.1) is 23.9 Å². The van der Waals surface area contributed by atoms with Gasteiger partial charge in [-0.2, -0.15) is 0 Å². The van der Waals surface area contributed by atoms with Gasteiger partial charge >= 0.3 is 5.97 Å². The number of esters is 1. The maximum Gasteiger partial charge on any atom is 0.302 e. The average Bonchev–Trinajstić information content (AvgIpc) is 3.19. The number of piperidine rings is 1. The molecule has 0 aromatic carbocycles. The third-order valence-electron chi connectivity index (χ3n) is 11.2. The molecule has 0 unspecified atom stereocenters. The highest BCUT2D eigenvalue weighted by Crippen LogP contribution is 2.78. The molecule has 5 aliphatic carbocycles. The molecule has 7 heteroatoms. The monoisotopic (exact) mass is 449 g/mol. The largest absolute Gasteiger partial charge is 0.462 e. The smallest absolute Gasteiger partial charge is 0.302 e. The predicted molar refractivity (Wildman–Crippen MR) is 116 cm³/mol. The molecule has 0 radical (unpaired) electrons. The molecule has 6 aliphatic rings. The maximum absolute atomic E-state index is 12.5. The Morgan fingerprint density at radius 3 is 2.44 bits per heavy atom. The van der Waals surface area contributed by atoms with Crippen LogP contribution in [-0.2, 0) is 28.5 Å². The van der Waals surface area contributed by atoms with Gasteiger partial charge in [0.1, 0.15) is 6.10 Å². The SMILES string of the molecule is CO[C@H]1[C@@H]2C[C@@H]3[C@H]1[C@](OC)(C[C@@H]2OC)[C@H]1[C@H](OC(C)=O)[C@@H]2[C@@]4(C)CC[C@H](OC)[C@@]32[C@@H]1NC4. The summed E-state index contributed by atoms with van der Waals surface area (Å²) in [6.45, 7) is 4.91. The number of rotatable bonds is 5. The summed E-state index contributed by atoms with van der Waals surface area (Å²) in [5, 5.41) is 4.00. The summed E-state index contributed by atoms with van der Waals surface area (Å²) in [5.74, 6) is 1.09. The van der Waals surface area contributed by atoms with Gasteiger partial charge in [0.15, 0.2) is 0 Å². The highest BCUT2D eigenvalue weighted by Gasteiger charge is 2.86. The van der Waals surface area contributed by atoms with E-state index in [1.165, 1.54) is 0 Å². The number of hydrogen-bond acceptors (Lipinski definition) is 7. The number of hydrogen-bond donors (Lipinski definition) is 1. The Labute approximate surface area is 191 Å². The zero-order valence-corrected chi connectivity index (χ0v) is 20.3. The van der Waals surface area contributed by atoms with Gasteiger partial charge < -0.3 is 29.0 Å². The lowest BCUT2D eigenvalue weighted by Gasteiger charge is -2.66. The van der Waals surface area contributed by atoms with Crippen LogP contribution in [0.25, 0.3) is 0 Å². The number of nitrogens with one attached hydrogen (secondary N) is 1. The van der Waals surface area contributed by atoms with E-state index in [1.807, 2.05) is 28.4 Å². The number of methoxy groups -OCH3 is 4. The fourth-order valence-electron chi connectivity index (χ4n) is 10.7. The Morgan fingerprint density at radius 1 is 1.03 bits per heavy atom. The van der Waals surface area contributed by atoms with Crippen LogP contribution in [0.3, 0.4) is 0 Å². The van der Waals surface area contributed by atoms with E-state index in [0.29, 0.717) is 11.8 Å². The van der Waals surface area contributed by atoms with Gasteiger partial charge in [0.2, 0.25) is 0 Å². The fraction of sp³-hybridized carbons (Fsp3) is 0.960. The second-order valence-electron chi connectivity index (χ2n) is 11.7. The van der Waals surface area contributed by atoms with Gasteiger partial charge in [-0.3, -0.25) is 4.79 Å². The number of ether oxygens (including phenoxy) is 5. The molecule has 1 N–H and O–H groups in total. The zero-order valence-electron chi connectivity index (χ0n) is 20.3. The minimum Gasteiger partial charge on any atom is -0.462 e. The van der Waals surface area contributed by atoms with E-state index in [-0.39, 0.29) is 65.0 Å². The van der Waals surface area contributed by atoms with Crippen LogP contribution in [0.2, 0.25) is 0 Å². The molecular formula is C25H39NO6. The highest BCUT2D eigenvalue weighted by atomic mass is 16.6. The van der Waals surface area contributed by atoms with Gasteiger partial charge in [-0.25, -0.2) is 0 Å². The Morgan fingerprint density at radius 2 is 1.81 bits per heavy atom. The normalized spacial score (nSPS) is 59.2. The lowest BCUT2D eigenvalue weighted by molar-refractivity contribution is -0.256. The van der Waals surface area contributed by atoms with Crippen molar-refractivity contribution in [2.75, 3.05) is 35.0 Å². The molecule has 7 bridgehead atoms. The second-order valence-corrected chi connectivity index (χ2v) is 11.7. The Kier molecular flexibility index (Phi) is 4.70. The van der Waals surface area contributed by atoms with E-state index in [0.717, 1.165) is 32.2 Å². The van der Waals surface area contributed by atoms with Crippen LogP contribution >= 0.6 is 0 Å². The predicted octanol–water partition coefficient (Wildman–Crippen LogP) is 2.02. The van der Waals surface area contributed by atoms with Crippen molar-refractivity contribution in [1.29, 1.82) is 0 Å². The van der Waals surface area contributed by atoms with Crippen LogP contribution in [0.5, 0.6) is 0 Å². The second kappa shape index (κ2) is 6.91. The number of fused-ring (bicyclic) bond motifs is 2. The van der Waals surface area contributed by atoms with Crippen molar-refractivity contribution >= 4 is 5.97 Å². The van der Waals surface area contributed by atoms with E-state index in [4.69, 9.17) is 23.7 Å². The summed E-state index contributed by atoms with van der Waals surface area (Å²) in [6, 6.07) is 0.197. The summed E-state index contributed by atoms with van der Waals surface area (Å²) in [6.07, 6.45) is 4.12. The molecule has 5 saturated carbocycles. The van der Waals surface area contributed by atoms with E-state index < -0.39 is 5.60 Å². The first-order valence-electron chi connectivity index (χ1n) is 12.4. The number of carbonyl (C=O) groups is 1. The molecule has 6 fully saturated rings. The highest BCUT2D eigenvalue weighted by molar-refractivity contribution is 5.66. The molecule has 1 aliphatic heterocycles. The van der Waals surface area contributed by atoms with E-state index in [2.05, 4.69) is 12.2 Å². The molecule has 13 atom stereocenters. The van der Waals surface area contributed by atoms with Crippen LogP contribution in [0.1, 0.15) is 39.5 Å². The van der Waals surface area contributed by atoms with Crippen LogP contribution in [-0.4, -0.2) is 77.0 Å². The molecule has 0 amide bonds. The van der Waals surface area contributed by atoms with Gasteiger partial charge in [-0.05, 0) is 30.6 Å². The molecule has 1 spiro atoms. The number of carbonyl (C=O) groups excluding carboxylic acids is 1. The van der Waals surface area contributed by atoms with E-state index in [1.54, 1.807) is 6.92 Å². The molecule has 6 rings (SSSR count). The van der Waals surface area contributed by atoms with E-state index in [9.17, 15) is 4.79 Å². The third kappa shape index (κ3) is 2.19. The zero-order chi connectivity index (χ0) is 22.6. The molecule has 1 heterocycles. The first-order chi connectivity index (χ1) is 15.3. The van der Waals surface area contributed by atoms with Crippen LogP contribution in [0.4, 0.5) is 0 Å². The fourth-order valence-corrected chi connectivity index (χ4v) is 10.7. The van der Waals surface area contributed by atoms with Crippen molar-refractivity contribution in [3.63, 3.8) is 0 Å². The molecule has 1 saturated heterocycles. The molecule has 7 nitrogen and oxygen atoms in total. The average molecular weight is 450 g/mol. The van der Waals surface area contributed by atoms with Crippen molar-refractivity contribution in [2.45, 2.75) is 75.6 Å². The summed E-state index contributed by atoms with van der Waals surface area (Å²) in [4.78, 5) is 12.5. The maximum atomic E-state index is 12.5. The Balaban J connectivity index is 1.63. The minimum absolute atomic E-state index is 0.0505.